The monoisotopic (exact) mass is 295 g/mol. The van der Waals surface area contributed by atoms with Gasteiger partial charge in [0.15, 0.2) is 0 Å². The Balaban J connectivity index is 3.15. The van der Waals surface area contributed by atoms with E-state index in [-0.39, 0.29) is 11.5 Å². The Bertz CT molecular complexity index is 599. The van der Waals surface area contributed by atoms with Crippen LogP contribution in [0.25, 0.3) is 0 Å². The predicted octanol–water partition coefficient (Wildman–Crippen LogP) is 1.70. The molecule has 1 unspecified atom stereocenters. The van der Waals surface area contributed by atoms with E-state index in [0.29, 0.717) is 18.0 Å². The van der Waals surface area contributed by atoms with Crippen LogP contribution in [0.5, 0.6) is 0 Å². The summed E-state index contributed by atoms with van der Waals surface area (Å²) in [7, 11) is -1.97. The maximum absolute atomic E-state index is 12.6. The van der Waals surface area contributed by atoms with Crippen molar-refractivity contribution in [2.75, 3.05) is 20.2 Å². The topological polar surface area (TPSA) is 57.6 Å². The molecule has 1 aromatic carbocycles. The molecule has 5 heteroatoms. The Hall–Kier alpha value is -1.35. The van der Waals surface area contributed by atoms with Crippen LogP contribution in [0, 0.1) is 17.8 Å². The highest BCUT2D eigenvalue weighted by Crippen LogP contribution is 2.20. The number of nitrogens with zero attached hydrogens (tertiary/aromatic N) is 1. The normalized spacial score (nSPS) is 12.8. The summed E-state index contributed by atoms with van der Waals surface area (Å²) in [4.78, 5) is 0.187. The Morgan fingerprint density at radius 3 is 2.60 bits per heavy atom. The fraction of sp³-hybridized carbons (Fsp3) is 0.467. The maximum atomic E-state index is 12.6. The zero-order chi connectivity index (χ0) is 15.2. The van der Waals surface area contributed by atoms with Gasteiger partial charge in [0.2, 0.25) is 10.0 Å². The molecule has 1 N–H and O–H groups in total. The first-order chi connectivity index (χ1) is 9.43. The third-order valence-corrected chi connectivity index (χ3v) is 5.02. The molecule has 0 bridgehead atoms. The number of aliphatic hydroxyl groups excluding tert-OH is 1. The van der Waals surface area contributed by atoms with E-state index in [9.17, 15) is 8.42 Å². The van der Waals surface area contributed by atoms with Crippen molar-refractivity contribution < 1.29 is 13.5 Å². The summed E-state index contributed by atoms with van der Waals surface area (Å²) >= 11 is 0. The largest absolute Gasteiger partial charge is 0.384 e. The van der Waals surface area contributed by atoms with Gasteiger partial charge >= 0.3 is 0 Å². The molecule has 0 spiro atoms. The first-order valence-corrected chi connectivity index (χ1v) is 8.02. The molecule has 0 radical (unpaired) electrons. The van der Waals surface area contributed by atoms with E-state index in [1.54, 1.807) is 31.3 Å². The minimum absolute atomic E-state index is 0.187. The summed E-state index contributed by atoms with van der Waals surface area (Å²) in [5.41, 5.74) is 0.414. The summed E-state index contributed by atoms with van der Waals surface area (Å²) in [6.07, 6.45) is 0.922. The predicted molar refractivity (Wildman–Crippen MR) is 79.7 cm³/mol. The second-order valence-electron chi connectivity index (χ2n) is 4.76. The van der Waals surface area contributed by atoms with Crippen molar-refractivity contribution in [3.63, 3.8) is 0 Å². The lowest BCUT2D eigenvalue weighted by Crippen LogP contribution is -2.31. The van der Waals surface area contributed by atoms with Crippen LogP contribution >= 0.6 is 0 Å². The summed E-state index contributed by atoms with van der Waals surface area (Å²) in [5, 5.41) is 8.75. The lowest BCUT2D eigenvalue weighted by atomic mass is 10.1. The molecule has 110 valence electrons. The zero-order valence-electron chi connectivity index (χ0n) is 12.1. The van der Waals surface area contributed by atoms with Gasteiger partial charge < -0.3 is 5.11 Å². The number of sulfonamides is 1. The standard InChI is InChI=1S/C15H21NO3S/c1-4-13(2)12-16(3)20(18,19)15-10-6-5-8-14(15)9-7-11-17/h5-6,8,10,13,17H,4,11-12H2,1-3H3. The average molecular weight is 295 g/mol. The molecule has 0 amide bonds. The number of hydrogen-bond donors (Lipinski definition) is 1. The van der Waals surface area contributed by atoms with E-state index in [0.717, 1.165) is 6.42 Å². The van der Waals surface area contributed by atoms with E-state index in [1.807, 2.05) is 13.8 Å². The fourth-order valence-corrected chi connectivity index (χ4v) is 3.20. The van der Waals surface area contributed by atoms with Crippen LogP contribution in [0.3, 0.4) is 0 Å². The van der Waals surface area contributed by atoms with Gasteiger partial charge in [0.1, 0.15) is 6.61 Å². The van der Waals surface area contributed by atoms with Crippen molar-refractivity contribution in [3.8, 4) is 11.8 Å². The van der Waals surface area contributed by atoms with Crippen LogP contribution in [0.4, 0.5) is 0 Å². The van der Waals surface area contributed by atoms with Gasteiger partial charge in [0.05, 0.1) is 4.90 Å². The number of benzene rings is 1. The SMILES string of the molecule is CCC(C)CN(C)S(=O)(=O)c1ccccc1C#CCO. The highest BCUT2D eigenvalue weighted by molar-refractivity contribution is 7.89. The molecule has 1 atom stereocenters. The summed E-state index contributed by atoms with van der Waals surface area (Å²) in [6, 6.07) is 6.60. The maximum Gasteiger partial charge on any atom is 0.244 e. The van der Waals surface area contributed by atoms with E-state index in [4.69, 9.17) is 5.11 Å². The van der Waals surface area contributed by atoms with Gasteiger partial charge in [-0.2, -0.15) is 0 Å². The average Bonchev–Trinajstić information content (AvgIpc) is 2.45. The van der Waals surface area contributed by atoms with Gasteiger partial charge in [-0.25, -0.2) is 12.7 Å². The molecular formula is C15H21NO3S. The molecule has 4 nitrogen and oxygen atoms in total. The minimum Gasteiger partial charge on any atom is -0.384 e. The molecule has 0 aliphatic rings. The van der Waals surface area contributed by atoms with Crippen LogP contribution in [0.2, 0.25) is 0 Å². The molecule has 1 aromatic rings. The second kappa shape index (κ2) is 7.44. The number of rotatable bonds is 5. The lowest BCUT2D eigenvalue weighted by Gasteiger charge is -2.21. The Kier molecular flexibility index (Phi) is 6.21. The summed E-state index contributed by atoms with van der Waals surface area (Å²) < 4.78 is 26.5. The zero-order valence-corrected chi connectivity index (χ0v) is 12.9. The van der Waals surface area contributed by atoms with Gasteiger partial charge in [0.25, 0.3) is 0 Å². The number of aliphatic hydroxyl groups is 1. The molecule has 1 rings (SSSR count). The quantitative estimate of drug-likeness (QED) is 0.841. The van der Waals surface area contributed by atoms with Crippen LogP contribution < -0.4 is 0 Å². The molecule has 0 fully saturated rings. The second-order valence-corrected chi connectivity index (χ2v) is 6.77. The van der Waals surface area contributed by atoms with Crippen LogP contribution in [-0.2, 0) is 10.0 Å². The van der Waals surface area contributed by atoms with Crippen molar-refractivity contribution in [3.05, 3.63) is 29.8 Å². The molecule has 0 aliphatic carbocycles. The Morgan fingerprint density at radius 2 is 2.00 bits per heavy atom. The molecule has 0 saturated heterocycles. The van der Waals surface area contributed by atoms with Gasteiger partial charge in [-0.3, -0.25) is 0 Å². The lowest BCUT2D eigenvalue weighted by molar-refractivity contribution is 0.350. The third-order valence-electron chi connectivity index (χ3n) is 3.14. The molecule has 0 saturated carbocycles. The van der Waals surface area contributed by atoms with Gasteiger partial charge in [-0.05, 0) is 18.1 Å². The van der Waals surface area contributed by atoms with Gasteiger partial charge in [0, 0.05) is 19.2 Å². The highest BCUT2D eigenvalue weighted by Gasteiger charge is 2.24. The van der Waals surface area contributed by atoms with E-state index in [2.05, 4.69) is 11.8 Å². The molecule has 0 aromatic heterocycles. The van der Waals surface area contributed by atoms with Crippen LogP contribution in [-0.4, -0.2) is 38.0 Å². The van der Waals surface area contributed by atoms with E-state index >= 15 is 0 Å². The number of hydrogen-bond acceptors (Lipinski definition) is 3. The Morgan fingerprint density at radius 1 is 1.35 bits per heavy atom. The molecule has 0 aliphatic heterocycles. The van der Waals surface area contributed by atoms with E-state index < -0.39 is 10.0 Å². The Labute approximate surface area is 121 Å². The van der Waals surface area contributed by atoms with Crippen molar-refractivity contribution in [1.82, 2.24) is 4.31 Å². The van der Waals surface area contributed by atoms with Crippen molar-refractivity contribution in [1.29, 1.82) is 0 Å². The minimum atomic E-state index is -3.56. The fourth-order valence-electron chi connectivity index (χ4n) is 1.76. The molecule has 20 heavy (non-hydrogen) atoms. The first kappa shape index (κ1) is 16.7. The van der Waals surface area contributed by atoms with Crippen LogP contribution in [0.15, 0.2) is 29.2 Å². The van der Waals surface area contributed by atoms with E-state index in [1.165, 1.54) is 4.31 Å². The van der Waals surface area contributed by atoms with Gasteiger partial charge in [-0.1, -0.05) is 44.2 Å². The van der Waals surface area contributed by atoms with Crippen molar-refractivity contribution >= 4 is 10.0 Å². The molecular weight excluding hydrogens is 274 g/mol. The summed E-state index contributed by atoms with van der Waals surface area (Å²) in [6.45, 7) is 4.23. The molecule has 0 heterocycles. The summed E-state index contributed by atoms with van der Waals surface area (Å²) in [5.74, 6) is 5.47. The highest BCUT2D eigenvalue weighted by atomic mass is 32.2. The van der Waals surface area contributed by atoms with Crippen molar-refractivity contribution in [2.45, 2.75) is 25.2 Å². The van der Waals surface area contributed by atoms with Gasteiger partial charge in [-0.15, -0.1) is 0 Å². The van der Waals surface area contributed by atoms with Crippen LogP contribution in [0.1, 0.15) is 25.8 Å². The third kappa shape index (κ3) is 4.07. The smallest absolute Gasteiger partial charge is 0.244 e. The first-order valence-electron chi connectivity index (χ1n) is 6.58. The van der Waals surface area contributed by atoms with Crippen molar-refractivity contribution in [2.24, 2.45) is 5.92 Å².